The Bertz CT molecular complexity index is 1060. The number of benzene rings is 3. The van der Waals surface area contributed by atoms with E-state index >= 15 is 0 Å². The molecule has 0 aromatic heterocycles. The number of nitrogens with one attached hydrogen (secondary N) is 1. The van der Waals surface area contributed by atoms with Crippen molar-refractivity contribution in [2.45, 2.75) is 10.9 Å². The van der Waals surface area contributed by atoms with Gasteiger partial charge in [0, 0.05) is 11.5 Å². The second-order valence-corrected chi connectivity index (χ2v) is 9.50. The van der Waals surface area contributed by atoms with Crippen molar-refractivity contribution >= 4 is 31.9 Å². The number of amides is 1. The van der Waals surface area contributed by atoms with E-state index in [1.165, 1.54) is 19.2 Å². The highest BCUT2D eigenvalue weighted by Gasteiger charge is 2.24. The Morgan fingerprint density at radius 1 is 0.897 bits per heavy atom. The average Bonchev–Trinajstić information content (AvgIpc) is 2.74. The molecule has 0 unspecified atom stereocenters. The van der Waals surface area contributed by atoms with Crippen molar-refractivity contribution < 1.29 is 13.2 Å². The molecule has 0 bridgehead atoms. The summed E-state index contributed by atoms with van der Waals surface area (Å²) in [6, 6.07) is 24.9. The maximum atomic E-state index is 12.7. The van der Waals surface area contributed by atoms with Crippen molar-refractivity contribution in [2.75, 3.05) is 13.6 Å². The van der Waals surface area contributed by atoms with Crippen LogP contribution >= 0.6 is 15.9 Å². The summed E-state index contributed by atoms with van der Waals surface area (Å²) >= 11 is 3.42. The van der Waals surface area contributed by atoms with Gasteiger partial charge in [-0.2, -0.15) is 4.31 Å². The minimum absolute atomic E-state index is 0.155. The fourth-order valence-electron chi connectivity index (χ4n) is 2.93. The van der Waals surface area contributed by atoms with Crippen LogP contribution in [0.1, 0.15) is 17.2 Å². The minimum atomic E-state index is -3.74. The lowest BCUT2D eigenvalue weighted by atomic mass is 9.99. The van der Waals surface area contributed by atoms with Crippen LogP contribution in [0.25, 0.3) is 0 Å². The molecule has 0 spiro atoms. The van der Waals surface area contributed by atoms with Gasteiger partial charge in [0.05, 0.1) is 17.5 Å². The Hall–Kier alpha value is -2.48. The summed E-state index contributed by atoms with van der Waals surface area (Å²) in [7, 11) is -2.34. The minimum Gasteiger partial charge on any atom is -0.344 e. The van der Waals surface area contributed by atoms with Gasteiger partial charge >= 0.3 is 0 Å². The molecular weight excluding hydrogens is 452 g/mol. The molecule has 0 saturated heterocycles. The second kappa shape index (κ2) is 9.35. The van der Waals surface area contributed by atoms with Gasteiger partial charge in [0.25, 0.3) is 0 Å². The van der Waals surface area contributed by atoms with Crippen LogP contribution in [0.4, 0.5) is 0 Å². The Morgan fingerprint density at radius 2 is 1.41 bits per heavy atom. The van der Waals surface area contributed by atoms with Crippen LogP contribution in [0.15, 0.2) is 94.3 Å². The first-order valence-electron chi connectivity index (χ1n) is 8.99. The summed E-state index contributed by atoms with van der Waals surface area (Å²) in [5.41, 5.74) is 1.82. The lowest BCUT2D eigenvalue weighted by Gasteiger charge is -2.22. The molecule has 1 amide bonds. The Balaban J connectivity index is 1.79. The van der Waals surface area contributed by atoms with E-state index in [1.54, 1.807) is 18.2 Å². The first kappa shape index (κ1) is 21.2. The van der Waals surface area contributed by atoms with Crippen LogP contribution in [0.3, 0.4) is 0 Å². The molecular formula is C22H21BrN2O3S. The first-order valence-corrected chi connectivity index (χ1v) is 11.2. The van der Waals surface area contributed by atoms with E-state index in [0.717, 1.165) is 19.9 Å². The summed E-state index contributed by atoms with van der Waals surface area (Å²) in [4.78, 5) is 12.9. The molecule has 1 N–H and O–H groups in total. The zero-order valence-corrected chi connectivity index (χ0v) is 18.2. The zero-order valence-electron chi connectivity index (χ0n) is 15.8. The smallest absolute Gasteiger partial charge is 0.243 e. The quantitative estimate of drug-likeness (QED) is 0.565. The molecule has 0 radical (unpaired) electrons. The van der Waals surface area contributed by atoms with Crippen molar-refractivity contribution in [3.8, 4) is 0 Å². The summed E-state index contributed by atoms with van der Waals surface area (Å²) in [6.45, 7) is -0.281. The van der Waals surface area contributed by atoms with Crippen molar-refractivity contribution in [1.29, 1.82) is 0 Å². The number of nitrogens with zero attached hydrogens (tertiary/aromatic N) is 1. The monoisotopic (exact) mass is 472 g/mol. The molecule has 3 aromatic rings. The SMILES string of the molecule is CN(CC(=O)N[C@@H](c1ccccc1)c1ccc(Br)cc1)S(=O)(=O)c1ccccc1. The fraction of sp³-hybridized carbons (Fsp3) is 0.136. The molecule has 0 heterocycles. The van der Waals surface area contributed by atoms with Gasteiger partial charge in [-0.3, -0.25) is 4.79 Å². The molecule has 0 saturated carbocycles. The van der Waals surface area contributed by atoms with Gasteiger partial charge in [0.15, 0.2) is 0 Å². The predicted octanol–water partition coefficient (Wildman–Crippen LogP) is 3.98. The van der Waals surface area contributed by atoms with Crippen molar-refractivity contribution in [1.82, 2.24) is 9.62 Å². The summed E-state index contributed by atoms with van der Waals surface area (Å²) in [5.74, 6) is -0.385. The van der Waals surface area contributed by atoms with Crippen LogP contribution in [0.5, 0.6) is 0 Å². The molecule has 150 valence electrons. The van der Waals surface area contributed by atoms with Crippen molar-refractivity contribution in [3.63, 3.8) is 0 Å². The average molecular weight is 473 g/mol. The molecule has 5 nitrogen and oxygen atoms in total. The third-order valence-electron chi connectivity index (χ3n) is 4.46. The number of halogens is 1. The lowest BCUT2D eigenvalue weighted by molar-refractivity contribution is -0.121. The lowest BCUT2D eigenvalue weighted by Crippen LogP contribution is -2.40. The van der Waals surface area contributed by atoms with Crippen LogP contribution < -0.4 is 5.32 Å². The van der Waals surface area contributed by atoms with Crippen LogP contribution in [-0.2, 0) is 14.8 Å². The molecule has 3 rings (SSSR count). The Labute approximate surface area is 179 Å². The molecule has 1 atom stereocenters. The molecule has 0 aliphatic heterocycles. The normalized spacial score (nSPS) is 12.5. The second-order valence-electron chi connectivity index (χ2n) is 6.54. The van der Waals surface area contributed by atoms with Crippen LogP contribution in [0.2, 0.25) is 0 Å². The van der Waals surface area contributed by atoms with Gasteiger partial charge in [-0.15, -0.1) is 0 Å². The maximum Gasteiger partial charge on any atom is 0.243 e. The van der Waals surface area contributed by atoms with Gasteiger partial charge in [-0.1, -0.05) is 76.6 Å². The van der Waals surface area contributed by atoms with Crippen molar-refractivity contribution in [2.24, 2.45) is 0 Å². The molecule has 0 aliphatic rings. The number of hydrogen-bond donors (Lipinski definition) is 1. The topological polar surface area (TPSA) is 66.5 Å². The molecule has 0 aliphatic carbocycles. The van der Waals surface area contributed by atoms with E-state index in [0.29, 0.717) is 0 Å². The Morgan fingerprint density at radius 3 is 2.00 bits per heavy atom. The fourth-order valence-corrected chi connectivity index (χ4v) is 4.34. The first-order chi connectivity index (χ1) is 13.9. The number of carbonyl (C=O) groups is 1. The third-order valence-corrected chi connectivity index (χ3v) is 6.81. The van der Waals surface area contributed by atoms with E-state index in [1.807, 2.05) is 54.6 Å². The summed E-state index contributed by atoms with van der Waals surface area (Å²) < 4.78 is 27.3. The maximum absolute atomic E-state index is 12.7. The van der Waals surface area contributed by atoms with Crippen LogP contribution in [0, 0.1) is 0 Å². The number of hydrogen-bond acceptors (Lipinski definition) is 3. The van der Waals surface area contributed by atoms with Crippen molar-refractivity contribution in [3.05, 3.63) is 101 Å². The largest absolute Gasteiger partial charge is 0.344 e. The van der Waals surface area contributed by atoms with Gasteiger partial charge in [-0.05, 0) is 35.4 Å². The zero-order chi connectivity index (χ0) is 20.9. The van der Waals surface area contributed by atoms with Gasteiger partial charge < -0.3 is 5.32 Å². The number of rotatable bonds is 7. The van der Waals surface area contributed by atoms with Gasteiger partial charge in [0.2, 0.25) is 15.9 Å². The predicted molar refractivity (Wildman–Crippen MR) is 117 cm³/mol. The third kappa shape index (κ3) is 5.32. The number of likely N-dealkylation sites (N-methyl/N-ethyl adjacent to an activating group) is 1. The van der Waals surface area contributed by atoms with E-state index < -0.39 is 10.0 Å². The van der Waals surface area contributed by atoms with E-state index in [4.69, 9.17) is 0 Å². The molecule has 7 heteroatoms. The van der Waals surface area contributed by atoms with Gasteiger partial charge in [0.1, 0.15) is 0 Å². The standard InChI is InChI=1S/C22H21BrN2O3S/c1-25(29(27,28)20-10-6-3-7-11-20)16-21(26)24-22(17-8-4-2-5-9-17)18-12-14-19(23)15-13-18/h2-15,22H,16H2,1H3,(H,24,26)/t22-/m0/s1. The molecule has 0 fully saturated rings. The Kier molecular flexibility index (Phi) is 6.84. The van der Waals surface area contributed by atoms with E-state index in [-0.39, 0.29) is 23.4 Å². The van der Waals surface area contributed by atoms with Gasteiger partial charge in [-0.25, -0.2) is 8.42 Å². The highest BCUT2D eigenvalue weighted by atomic mass is 79.9. The highest BCUT2D eigenvalue weighted by Crippen LogP contribution is 2.24. The number of carbonyl (C=O) groups excluding carboxylic acids is 1. The summed E-state index contributed by atoms with van der Waals surface area (Å²) in [5, 5.41) is 2.96. The molecule has 29 heavy (non-hydrogen) atoms. The summed E-state index contributed by atoms with van der Waals surface area (Å²) in [6.07, 6.45) is 0. The molecule has 3 aromatic carbocycles. The highest BCUT2D eigenvalue weighted by molar-refractivity contribution is 9.10. The number of sulfonamides is 1. The van der Waals surface area contributed by atoms with Crippen LogP contribution in [-0.4, -0.2) is 32.2 Å². The van der Waals surface area contributed by atoms with E-state index in [2.05, 4.69) is 21.2 Å². The van der Waals surface area contributed by atoms with E-state index in [9.17, 15) is 13.2 Å².